The smallest absolute Gasteiger partial charge is 0.240 e. The van der Waals surface area contributed by atoms with Crippen molar-refractivity contribution in [3.05, 3.63) is 137 Å². The third-order valence-electron chi connectivity index (χ3n) is 10.2. The summed E-state index contributed by atoms with van der Waals surface area (Å²) >= 11 is 0. The van der Waals surface area contributed by atoms with Gasteiger partial charge in [0.1, 0.15) is 5.75 Å². The summed E-state index contributed by atoms with van der Waals surface area (Å²) in [6.45, 7) is 4.39. The van der Waals surface area contributed by atoms with E-state index in [-0.39, 0.29) is 11.0 Å². The number of rotatable bonds is 12. The van der Waals surface area contributed by atoms with Crippen LogP contribution in [-0.4, -0.2) is 45.6 Å². The molecule has 1 heterocycles. The van der Waals surface area contributed by atoms with E-state index in [1.807, 2.05) is 19.1 Å². The lowest BCUT2D eigenvalue weighted by Gasteiger charge is -2.48. The molecule has 1 saturated heterocycles. The second-order valence-corrected chi connectivity index (χ2v) is 14.8. The Morgan fingerprint density at radius 2 is 1.57 bits per heavy atom. The molecular weight excluding hydrogens is 589 g/mol. The van der Waals surface area contributed by atoms with Crippen molar-refractivity contribution in [1.82, 2.24) is 9.62 Å². The number of hydrogen-bond acceptors (Lipinski definition) is 4. The maximum absolute atomic E-state index is 13.3. The van der Waals surface area contributed by atoms with Gasteiger partial charge in [0.25, 0.3) is 0 Å². The van der Waals surface area contributed by atoms with Gasteiger partial charge in [0.15, 0.2) is 0 Å². The van der Waals surface area contributed by atoms with Crippen LogP contribution in [-0.2, 0) is 21.9 Å². The van der Waals surface area contributed by atoms with E-state index >= 15 is 0 Å². The number of likely N-dealkylation sites (tertiary alicyclic amines) is 1. The van der Waals surface area contributed by atoms with Gasteiger partial charge < -0.3 is 4.74 Å². The molecule has 4 aromatic rings. The zero-order valence-corrected chi connectivity index (χ0v) is 27.9. The first-order valence-corrected chi connectivity index (χ1v) is 18.1. The molecule has 0 saturated carbocycles. The molecule has 1 N–H and O–H groups in total. The molecule has 6 heteroatoms. The molecule has 1 aliphatic carbocycles. The van der Waals surface area contributed by atoms with E-state index in [4.69, 9.17) is 4.74 Å². The maximum Gasteiger partial charge on any atom is 0.240 e. The summed E-state index contributed by atoms with van der Waals surface area (Å²) in [5.41, 5.74) is 5.83. The van der Waals surface area contributed by atoms with Crippen LogP contribution in [0.3, 0.4) is 0 Å². The lowest BCUT2D eigenvalue weighted by molar-refractivity contribution is 0.0813. The van der Waals surface area contributed by atoms with Crippen molar-refractivity contribution < 1.29 is 13.2 Å². The monoisotopic (exact) mass is 634 g/mol. The summed E-state index contributed by atoms with van der Waals surface area (Å²) in [5.74, 6) is 0.902. The fourth-order valence-corrected chi connectivity index (χ4v) is 8.67. The average molecular weight is 635 g/mol. The minimum Gasteiger partial charge on any atom is -0.497 e. The fourth-order valence-electron chi connectivity index (χ4n) is 7.64. The first-order chi connectivity index (χ1) is 22.3. The van der Waals surface area contributed by atoms with E-state index in [9.17, 15) is 8.42 Å². The number of sulfonamides is 1. The third kappa shape index (κ3) is 6.85. The van der Waals surface area contributed by atoms with E-state index in [0.717, 1.165) is 50.1 Å². The number of fused-ring (bicyclic) bond motifs is 1. The lowest BCUT2D eigenvalue weighted by Crippen LogP contribution is -2.53. The largest absolute Gasteiger partial charge is 0.497 e. The molecule has 1 aliphatic heterocycles. The zero-order chi connectivity index (χ0) is 32.0. The van der Waals surface area contributed by atoms with Gasteiger partial charge in [-0.15, -0.1) is 0 Å². The van der Waals surface area contributed by atoms with Crippen LogP contribution in [0.4, 0.5) is 0 Å². The summed E-state index contributed by atoms with van der Waals surface area (Å²) in [6.07, 6.45) is 12.0. The Labute approximate surface area is 275 Å². The van der Waals surface area contributed by atoms with Gasteiger partial charge in [-0.2, -0.15) is 0 Å². The number of nitrogens with one attached hydrogen (secondary N) is 1. The Balaban J connectivity index is 1.24. The number of ether oxygens (including phenoxy) is 1. The number of benzene rings is 4. The SMILES string of the molecule is COc1ccc2c(c1)C=CC1(CCCCN1CCCC(CCNS(=O)(=O)c1ccc(C)cc1)(c1ccccc1)c1ccccc1)C2. The molecule has 0 amide bonds. The molecule has 1 atom stereocenters. The summed E-state index contributed by atoms with van der Waals surface area (Å²) in [4.78, 5) is 3.03. The van der Waals surface area contributed by atoms with Gasteiger partial charge in [0, 0.05) is 17.5 Å². The van der Waals surface area contributed by atoms with Gasteiger partial charge in [0.2, 0.25) is 10.0 Å². The number of aryl methyl sites for hydroxylation is 1. The van der Waals surface area contributed by atoms with Crippen molar-refractivity contribution in [2.45, 2.75) is 67.7 Å². The zero-order valence-electron chi connectivity index (χ0n) is 27.1. The molecular formula is C40H46N2O3S. The van der Waals surface area contributed by atoms with Gasteiger partial charge in [-0.1, -0.05) is 103 Å². The summed E-state index contributed by atoms with van der Waals surface area (Å²) in [7, 11) is -1.90. The van der Waals surface area contributed by atoms with E-state index in [0.29, 0.717) is 17.9 Å². The van der Waals surface area contributed by atoms with Crippen LogP contribution < -0.4 is 9.46 Å². The maximum atomic E-state index is 13.3. The van der Waals surface area contributed by atoms with Crippen LogP contribution in [0.25, 0.3) is 6.08 Å². The Kier molecular flexibility index (Phi) is 9.78. The Morgan fingerprint density at radius 3 is 2.24 bits per heavy atom. The van der Waals surface area contributed by atoms with Crippen LogP contribution in [0.1, 0.15) is 66.3 Å². The van der Waals surface area contributed by atoms with Crippen molar-refractivity contribution in [3.63, 3.8) is 0 Å². The van der Waals surface area contributed by atoms with Gasteiger partial charge in [-0.25, -0.2) is 13.1 Å². The molecule has 0 radical (unpaired) electrons. The summed E-state index contributed by atoms with van der Waals surface area (Å²) in [5, 5.41) is 0. The molecule has 0 bridgehead atoms. The molecule has 5 nitrogen and oxygen atoms in total. The van der Waals surface area contributed by atoms with Crippen LogP contribution in [0.15, 0.2) is 114 Å². The second-order valence-electron chi connectivity index (χ2n) is 13.0. The molecule has 46 heavy (non-hydrogen) atoms. The second kappa shape index (κ2) is 14.0. The predicted octanol–water partition coefficient (Wildman–Crippen LogP) is 7.93. The quantitative estimate of drug-likeness (QED) is 0.172. The minimum atomic E-state index is -3.62. The first-order valence-electron chi connectivity index (χ1n) is 16.6. The highest BCUT2D eigenvalue weighted by Gasteiger charge is 2.40. The predicted molar refractivity (Wildman–Crippen MR) is 188 cm³/mol. The van der Waals surface area contributed by atoms with E-state index < -0.39 is 10.0 Å². The highest BCUT2D eigenvalue weighted by Crippen LogP contribution is 2.42. The van der Waals surface area contributed by atoms with E-state index in [1.54, 1.807) is 19.2 Å². The number of hydrogen-bond donors (Lipinski definition) is 1. The molecule has 2 aliphatic rings. The molecule has 4 aromatic carbocycles. The average Bonchev–Trinajstić information content (AvgIpc) is 3.09. The Morgan fingerprint density at radius 1 is 0.870 bits per heavy atom. The van der Waals surface area contributed by atoms with Gasteiger partial charge in [-0.3, -0.25) is 4.90 Å². The van der Waals surface area contributed by atoms with Crippen molar-refractivity contribution in [3.8, 4) is 5.75 Å². The van der Waals surface area contributed by atoms with Crippen molar-refractivity contribution in [2.75, 3.05) is 26.7 Å². The highest BCUT2D eigenvalue weighted by molar-refractivity contribution is 7.89. The van der Waals surface area contributed by atoms with Crippen LogP contribution in [0.2, 0.25) is 0 Å². The van der Waals surface area contributed by atoms with Gasteiger partial charge in [0.05, 0.1) is 12.0 Å². The normalized spacial score (nSPS) is 18.4. The molecule has 6 rings (SSSR count). The summed E-state index contributed by atoms with van der Waals surface area (Å²) in [6, 6.07) is 34.9. The number of piperidine rings is 1. The molecule has 1 unspecified atom stereocenters. The lowest BCUT2D eigenvalue weighted by atomic mass is 9.69. The van der Waals surface area contributed by atoms with Gasteiger partial charge in [-0.05, 0) is 105 Å². The number of nitrogens with zero attached hydrogens (tertiary/aromatic N) is 1. The van der Waals surface area contributed by atoms with Crippen molar-refractivity contribution in [1.29, 1.82) is 0 Å². The minimum absolute atomic E-state index is 0.0334. The molecule has 1 fully saturated rings. The molecule has 240 valence electrons. The standard InChI is InChI=1S/C40H46N2O3S/c1-32-16-20-38(21-17-32)46(43,44)41-27-26-40(35-12-5-3-6-13-35,36-14-7-4-8-15-36)24-11-29-42-28-10-9-23-39(42)25-22-33-30-37(45-2)19-18-34(33)31-39/h3-8,12-22,25,30,41H,9-11,23-24,26-29,31H2,1-2H3. The van der Waals surface area contributed by atoms with Crippen molar-refractivity contribution in [2.24, 2.45) is 0 Å². The molecule has 1 spiro atoms. The molecule has 0 aromatic heterocycles. The van der Waals surface area contributed by atoms with Crippen molar-refractivity contribution >= 4 is 16.1 Å². The first kappa shape index (κ1) is 32.2. The van der Waals surface area contributed by atoms with E-state index in [1.165, 1.54) is 35.1 Å². The Bertz CT molecular complexity index is 1700. The third-order valence-corrected chi connectivity index (χ3v) is 11.7. The van der Waals surface area contributed by atoms with Crippen LogP contribution in [0.5, 0.6) is 5.75 Å². The highest BCUT2D eigenvalue weighted by atomic mass is 32.2. The van der Waals surface area contributed by atoms with E-state index in [2.05, 4.69) is 101 Å². The Hall–Kier alpha value is -3.71. The van der Waals surface area contributed by atoms with Gasteiger partial charge >= 0.3 is 0 Å². The van der Waals surface area contributed by atoms with Crippen LogP contribution >= 0.6 is 0 Å². The number of methoxy groups -OCH3 is 1. The fraction of sp³-hybridized carbons (Fsp3) is 0.350. The topological polar surface area (TPSA) is 58.6 Å². The summed E-state index contributed by atoms with van der Waals surface area (Å²) < 4.78 is 35.0. The van der Waals surface area contributed by atoms with Crippen LogP contribution in [0, 0.1) is 6.92 Å².